The molecule has 1 aliphatic carbocycles. The number of amides is 1. The van der Waals surface area contributed by atoms with Crippen LogP contribution in [0.5, 0.6) is 0 Å². The van der Waals surface area contributed by atoms with Gasteiger partial charge in [0.05, 0.1) is 16.8 Å². The molecule has 0 saturated heterocycles. The van der Waals surface area contributed by atoms with Crippen LogP contribution in [-0.4, -0.2) is 22.1 Å². The SMILES string of the molecule is O=C(Nc1cccc(SCC(=O)n2c3ccccc3c3ccccc32)c1)C1CCCCC1. The van der Waals surface area contributed by atoms with Crippen LogP contribution in [0.4, 0.5) is 5.69 Å². The molecule has 162 valence electrons. The number of benzene rings is 3. The lowest BCUT2D eigenvalue weighted by molar-refractivity contribution is -0.120. The first-order valence-corrected chi connectivity index (χ1v) is 12.2. The van der Waals surface area contributed by atoms with Gasteiger partial charge in [0, 0.05) is 27.3 Å². The molecule has 0 unspecified atom stereocenters. The molecule has 3 aromatic carbocycles. The van der Waals surface area contributed by atoms with Crippen LogP contribution in [-0.2, 0) is 4.79 Å². The van der Waals surface area contributed by atoms with E-state index in [1.54, 1.807) is 0 Å². The number of aromatic nitrogens is 1. The summed E-state index contributed by atoms with van der Waals surface area (Å²) in [6.45, 7) is 0. The Kier molecular flexibility index (Phi) is 5.99. The summed E-state index contributed by atoms with van der Waals surface area (Å²) >= 11 is 1.50. The summed E-state index contributed by atoms with van der Waals surface area (Å²) in [6, 6.07) is 23.9. The lowest BCUT2D eigenvalue weighted by Gasteiger charge is -2.20. The fraction of sp³-hybridized carbons (Fsp3) is 0.259. The molecule has 1 heterocycles. The number of thioether (sulfide) groups is 1. The second kappa shape index (κ2) is 9.21. The van der Waals surface area contributed by atoms with E-state index in [9.17, 15) is 9.59 Å². The molecule has 4 aromatic rings. The van der Waals surface area contributed by atoms with Crippen LogP contribution in [0.2, 0.25) is 0 Å². The van der Waals surface area contributed by atoms with Crippen molar-refractivity contribution in [3.8, 4) is 0 Å². The number of hydrogen-bond donors (Lipinski definition) is 1. The van der Waals surface area contributed by atoms with Crippen molar-refractivity contribution in [3.63, 3.8) is 0 Å². The quantitative estimate of drug-likeness (QED) is 0.348. The average Bonchev–Trinajstić information content (AvgIpc) is 3.18. The second-order valence-corrected chi connectivity index (χ2v) is 9.45. The van der Waals surface area contributed by atoms with Crippen molar-refractivity contribution in [1.29, 1.82) is 0 Å². The van der Waals surface area contributed by atoms with E-state index in [0.717, 1.165) is 58.1 Å². The minimum Gasteiger partial charge on any atom is -0.326 e. The summed E-state index contributed by atoms with van der Waals surface area (Å²) in [5.74, 6) is 0.608. The Bertz CT molecular complexity index is 1230. The molecule has 0 aliphatic heterocycles. The van der Waals surface area contributed by atoms with Crippen LogP contribution in [0.1, 0.15) is 36.9 Å². The first kappa shape index (κ1) is 20.8. The van der Waals surface area contributed by atoms with Crippen molar-refractivity contribution in [2.75, 3.05) is 11.1 Å². The summed E-state index contributed by atoms with van der Waals surface area (Å²) in [7, 11) is 0. The molecular formula is C27H26N2O2S. The maximum Gasteiger partial charge on any atom is 0.241 e. The number of para-hydroxylation sites is 2. The number of nitrogens with one attached hydrogen (secondary N) is 1. The maximum absolute atomic E-state index is 13.2. The Morgan fingerprint density at radius 2 is 1.50 bits per heavy atom. The number of rotatable bonds is 5. The lowest BCUT2D eigenvalue weighted by Crippen LogP contribution is -2.24. The Morgan fingerprint density at radius 1 is 0.844 bits per heavy atom. The van der Waals surface area contributed by atoms with Gasteiger partial charge < -0.3 is 5.32 Å². The molecular weight excluding hydrogens is 416 g/mol. The van der Waals surface area contributed by atoms with Crippen LogP contribution in [0.25, 0.3) is 21.8 Å². The summed E-state index contributed by atoms with van der Waals surface area (Å²) in [4.78, 5) is 26.8. The first-order chi connectivity index (χ1) is 15.7. The van der Waals surface area contributed by atoms with Crippen molar-refractivity contribution < 1.29 is 9.59 Å². The smallest absolute Gasteiger partial charge is 0.241 e. The van der Waals surface area contributed by atoms with E-state index in [0.29, 0.717) is 5.75 Å². The van der Waals surface area contributed by atoms with Gasteiger partial charge in [-0.15, -0.1) is 11.8 Å². The van der Waals surface area contributed by atoms with Gasteiger partial charge in [0.1, 0.15) is 0 Å². The van der Waals surface area contributed by atoms with Gasteiger partial charge in [-0.3, -0.25) is 14.2 Å². The number of fused-ring (bicyclic) bond motifs is 3. The van der Waals surface area contributed by atoms with Crippen LogP contribution in [0.15, 0.2) is 77.7 Å². The van der Waals surface area contributed by atoms with E-state index < -0.39 is 0 Å². The van der Waals surface area contributed by atoms with Gasteiger partial charge in [-0.2, -0.15) is 0 Å². The number of anilines is 1. The second-order valence-electron chi connectivity index (χ2n) is 8.40. The normalized spacial score (nSPS) is 14.6. The van der Waals surface area contributed by atoms with Crippen molar-refractivity contribution in [2.24, 2.45) is 5.92 Å². The molecule has 0 atom stereocenters. The summed E-state index contributed by atoms with van der Waals surface area (Å²) in [5, 5.41) is 5.26. The van der Waals surface area contributed by atoms with E-state index in [1.807, 2.05) is 65.2 Å². The summed E-state index contributed by atoms with van der Waals surface area (Å²) in [5.41, 5.74) is 2.68. The molecule has 1 amide bonds. The lowest BCUT2D eigenvalue weighted by atomic mass is 9.88. The highest BCUT2D eigenvalue weighted by Gasteiger charge is 2.21. The molecule has 1 fully saturated rings. The molecule has 5 rings (SSSR count). The minimum absolute atomic E-state index is 0.0454. The van der Waals surface area contributed by atoms with E-state index in [1.165, 1.54) is 18.2 Å². The number of hydrogen-bond acceptors (Lipinski definition) is 3. The molecule has 5 heteroatoms. The Labute approximate surface area is 192 Å². The summed E-state index contributed by atoms with van der Waals surface area (Å²) < 4.78 is 1.83. The molecule has 0 spiro atoms. The molecule has 0 bridgehead atoms. The van der Waals surface area contributed by atoms with Gasteiger partial charge in [-0.25, -0.2) is 0 Å². The van der Waals surface area contributed by atoms with Crippen molar-refractivity contribution in [1.82, 2.24) is 4.57 Å². The van der Waals surface area contributed by atoms with Crippen molar-refractivity contribution in [2.45, 2.75) is 37.0 Å². The third kappa shape index (κ3) is 4.17. The first-order valence-electron chi connectivity index (χ1n) is 11.3. The molecule has 0 radical (unpaired) electrons. The molecule has 1 N–H and O–H groups in total. The topological polar surface area (TPSA) is 51.1 Å². The highest BCUT2D eigenvalue weighted by atomic mass is 32.2. The Balaban J connectivity index is 1.31. The van der Waals surface area contributed by atoms with Gasteiger partial charge in [0.25, 0.3) is 0 Å². The maximum atomic E-state index is 13.2. The van der Waals surface area contributed by atoms with Crippen molar-refractivity contribution in [3.05, 3.63) is 72.8 Å². The highest BCUT2D eigenvalue weighted by Crippen LogP contribution is 2.30. The van der Waals surface area contributed by atoms with Crippen LogP contribution >= 0.6 is 11.8 Å². The Hall–Kier alpha value is -3.05. The predicted octanol–water partition coefficient (Wildman–Crippen LogP) is 6.75. The van der Waals surface area contributed by atoms with Crippen LogP contribution < -0.4 is 5.32 Å². The number of nitrogens with zero attached hydrogens (tertiary/aromatic N) is 1. The number of carbonyl (C=O) groups is 2. The Morgan fingerprint density at radius 3 is 2.19 bits per heavy atom. The zero-order valence-corrected chi connectivity index (χ0v) is 18.7. The van der Waals surface area contributed by atoms with Gasteiger partial charge in [-0.05, 0) is 43.2 Å². The molecule has 1 aromatic heterocycles. The highest BCUT2D eigenvalue weighted by molar-refractivity contribution is 8.00. The number of carbonyl (C=O) groups excluding carboxylic acids is 2. The van der Waals surface area contributed by atoms with Crippen LogP contribution in [0, 0.1) is 5.92 Å². The van der Waals surface area contributed by atoms with Gasteiger partial charge in [0.15, 0.2) is 0 Å². The third-order valence-corrected chi connectivity index (χ3v) is 7.25. The van der Waals surface area contributed by atoms with Crippen molar-refractivity contribution >= 4 is 51.1 Å². The third-order valence-electron chi connectivity index (χ3n) is 6.27. The van der Waals surface area contributed by atoms with Gasteiger partial charge >= 0.3 is 0 Å². The summed E-state index contributed by atoms with van der Waals surface area (Å²) in [6.07, 6.45) is 5.47. The van der Waals surface area contributed by atoms with Gasteiger partial charge in [0.2, 0.25) is 11.8 Å². The fourth-order valence-electron chi connectivity index (χ4n) is 4.67. The zero-order valence-electron chi connectivity index (χ0n) is 17.9. The molecule has 32 heavy (non-hydrogen) atoms. The van der Waals surface area contributed by atoms with Crippen LogP contribution in [0.3, 0.4) is 0 Å². The predicted molar refractivity (Wildman–Crippen MR) is 132 cm³/mol. The van der Waals surface area contributed by atoms with E-state index in [2.05, 4.69) is 17.4 Å². The van der Waals surface area contributed by atoms with E-state index in [4.69, 9.17) is 0 Å². The standard InChI is InChI=1S/C27H26N2O2S/c30-26(29-24-15-6-4-13-22(24)23-14-5-7-16-25(23)29)18-32-21-12-8-11-20(17-21)28-27(31)19-9-2-1-3-10-19/h4-8,11-17,19H,1-3,9-10,18H2,(H,28,31). The van der Waals surface area contributed by atoms with E-state index in [-0.39, 0.29) is 17.7 Å². The minimum atomic E-state index is 0.0454. The monoisotopic (exact) mass is 442 g/mol. The molecule has 4 nitrogen and oxygen atoms in total. The molecule has 1 aliphatic rings. The fourth-order valence-corrected chi connectivity index (χ4v) is 5.48. The van der Waals surface area contributed by atoms with Gasteiger partial charge in [-0.1, -0.05) is 61.7 Å². The molecule has 1 saturated carbocycles. The largest absolute Gasteiger partial charge is 0.326 e. The van der Waals surface area contributed by atoms with E-state index >= 15 is 0 Å². The average molecular weight is 443 g/mol. The zero-order chi connectivity index (χ0) is 21.9.